The summed E-state index contributed by atoms with van der Waals surface area (Å²) in [5.41, 5.74) is 0.0317. The third-order valence-corrected chi connectivity index (χ3v) is 4.40. The van der Waals surface area contributed by atoms with Crippen molar-refractivity contribution in [2.75, 3.05) is 24.5 Å². The van der Waals surface area contributed by atoms with E-state index in [1.165, 1.54) is 6.42 Å². The highest BCUT2D eigenvalue weighted by Gasteiger charge is 2.26. The number of aromatic nitrogens is 2. The van der Waals surface area contributed by atoms with Gasteiger partial charge in [0.2, 0.25) is 0 Å². The Morgan fingerprint density at radius 1 is 1.43 bits per heavy atom. The van der Waals surface area contributed by atoms with Crippen LogP contribution in [0, 0.1) is 5.92 Å². The maximum atomic E-state index is 12.6. The molecule has 1 aliphatic rings. The second kappa shape index (κ2) is 7.07. The maximum absolute atomic E-state index is 12.6. The van der Waals surface area contributed by atoms with Gasteiger partial charge in [-0.3, -0.25) is 4.79 Å². The fourth-order valence-electron chi connectivity index (χ4n) is 3.14. The molecular formula is C16H28N4O. The van der Waals surface area contributed by atoms with Crippen LogP contribution in [0.25, 0.3) is 0 Å². The highest BCUT2D eigenvalue weighted by molar-refractivity contribution is 5.36. The fraction of sp³-hybridized carbons (Fsp3) is 0.750. The molecule has 0 radical (unpaired) electrons. The molecule has 118 valence electrons. The Labute approximate surface area is 127 Å². The first-order valence-electron chi connectivity index (χ1n) is 8.10. The van der Waals surface area contributed by atoms with E-state index in [9.17, 15) is 4.79 Å². The molecule has 1 aromatic heterocycles. The van der Waals surface area contributed by atoms with Crippen LogP contribution in [0.1, 0.15) is 46.6 Å². The summed E-state index contributed by atoms with van der Waals surface area (Å²) in [5, 5.41) is 3.50. The fourth-order valence-corrected chi connectivity index (χ4v) is 3.14. The number of hydrogen-bond acceptors (Lipinski definition) is 4. The third kappa shape index (κ3) is 3.64. The molecular weight excluding hydrogens is 264 g/mol. The number of anilines is 1. The number of hydrogen-bond donors (Lipinski definition) is 1. The molecule has 2 atom stereocenters. The van der Waals surface area contributed by atoms with Crippen LogP contribution in [-0.2, 0) is 0 Å². The lowest BCUT2D eigenvalue weighted by Crippen LogP contribution is -2.46. The van der Waals surface area contributed by atoms with Crippen LogP contribution in [0.15, 0.2) is 17.2 Å². The molecule has 0 bridgehead atoms. The molecule has 2 rings (SSSR count). The zero-order valence-corrected chi connectivity index (χ0v) is 13.7. The lowest BCUT2D eigenvalue weighted by molar-refractivity contribution is 0.322. The van der Waals surface area contributed by atoms with Gasteiger partial charge in [0.15, 0.2) is 5.82 Å². The van der Waals surface area contributed by atoms with Gasteiger partial charge in [-0.1, -0.05) is 6.92 Å². The second-order valence-electron chi connectivity index (χ2n) is 6.25. The summed E-state index contributed by atoms with van der Waals surface area (Å²) in [6.07, 6.45) is 5.86. The molecule has 5 heteroatoms. The third-order valence-electron chi connectivity index (χ3n) is 4.40. The SMILES string of the molecule is CCNC(C)C1CCCN(c2nccn(C(C)C)c2=O)C1. The highest BCUT2D eigenvalue weighted by Crippen LogP contribution is 2.22. The standard InChI is InChI=1S/C16H28N4O/c1-5-17-13(4)14-7-6-9-19(11-14)15-16(21)20(12(2)3)10-8-18-15/h8,10,12-14,17H,5-7,9,11H2,1-4H3. The Morgan fingerprint density at radius 2 is 2.19 bits per heavy atom. The number of rotatable bonds is 5. The topological polar surface area (TPSA) is 50.2 Å². The first-order chi connectivity index (χ1) is 10.0. The van der Waals surface area contributed by atoms with Crippen LogP contribution in [-0.4, -0.2) is 35.2 Å². The van der Waals surface area contributed by atoms with Gasteiger partial charge in [-0.2, -0.15) is 0 Å². The predicted molar refractivity (Wildman–Crippen MR) is 87.0 cm³/mol. The molecule has 1 aliphatic heterocycles. The van der Waals surface area contributed by atoms with Gasteiger partial charge in [-0.15, -0.1) is 0 Å². The van der Waals surface area contributed by atoms with Crippen LogP contribution in [0.5, 0.6) is 0 Å². The zero-order chi connectivity index (χ0) is 15.4. The Balaban J connectivity index is 2.18. The van der Waals surface area contributed by atoms with Gasteiger partial charge in [-0.25, -0.2) is 4.98 Å². The van der Waals surface area contributed by atoms with Crippen molar-refractivity contribution in [1.82, 2.24) is 14.9 Å². The van der Waals surface area contributed by atoms with E-state index in [2.05, 4.69) is 29.0 Å². The summed E-state index contributed by atoms with van der Waals surface area (Å²) in [7, 11) is 0. The quantitative estimate of drug-likeness (QED) is 0.902. The molecule has 0 saturated carbocycles. The maximum Gasteiger partial charge on any atom is 0.293 e. The van der Waals surface area contributed by atoms with Crippen LogP contribution >= 0.6 is 0 Å². The van der Waals surface area contributed by atoms with Crippen molar-refractivity contribution in [3.05, 3.63) is 22.7 Å². The number of nitrogens with one attached hydrogen (secondary N) is 1. The molecule has 0 aromatic carbocycles. The Hall–Kier alpha value is -1.36. The lowest BCUT2D eigenvalue weighted by atomic mass is 9.91. The molecule has 1 saturated heterocycles. The van der Waals surface area contributed by atoms with Gasteiger partial charge in [0, 0.05) is 37.6 Å². The highest BCUT2D eigenvalue weighted by atomic mass is 16.1. The molecule has 0 spiro atoms. The van der Waals surface area contributed by atoms with E-state index in [0.29, 0.717) is 17.8 Å². The van der Waals surface area contributed by atoms with Crippen molar-refractivity contribution < 1.29 is 0 Å². The van der Waals surface area contributed by atoms with Crippen LogP contribution < -0.4 is 15.8 Å². The van der Waals surface area contributed by atoms with Crippen molar-refractivity contribution in [1.29, 1.82) is 0 Å². The van der Waals surface area contributed by atoms with Gasteiger partial charge in [0.05, 0.1) is 0 Å². The van der Waals surface area contributed by atoms with E-state index in [-0.39, 0.29) is 11.6 Å². The summed E-state index contributed by atoms with van der Waals surface area (Å²) in [5.74, 6) is 1.19. The molecule has 2 heterocycles. The molecule has 5 nitrogen and oxygen atoms in total. The van der Waals surface area contributed by atoms with Crippen molar-refractivity contribution in [2.24, 2.45) is 5.92 Å². The summed E-state index contributed by atoms with van der Waals surface area (Å²) in [4.78, 5) is 19.1. The zero-order valence-electron chi connectivity index (χ0n) is 13.7. The minimum Gasteiger partial charge on any atom is -0.352 e. The minimum absolute atomic E-state index is 0.0317. The van der Waals surface area contributed by atoms with E-state index < -0.39 is 0 Å². The molecule has 21 heavy (non-hydrogen) atoms. The van der Waals surface area contributed by atoms with E-state index >= 15 is 0 Å². The summed E-state index contributed by atoms with van der Waals surface area (Å²) >= 11 is 0. The Kier molecular flexibility index (Phi) is 5.39. The lowest BCUT2D eigenvalue weighted by Gasteiger charge is -2.36. The largest absolute Gasteiger partial charge is 0.352 e. The van der Waals surface area contributed by atoms with Crippen molar-refractivity contribution in [3.8, 4) is 0 Å². The Morgan fingerprint density at radius 3 is 2.86 bits per heavy atom. The molecule has 2 unspecified atom stereocenters. The number of piperidine rings is 1. The van der Waals surface area contributed by atoms with Crippen molar-refractivity contribution in [2.45, 2.75) is 52.6 Å². The Bertz CT molecular complexity index is 511. The van der Waals surface area contributed by atoms with Gasteiger partial charge >= 0.3 is 0 Å². The number of nitrogens with zero attached hydrogens (tertiary/aromatic N) is 3. The van der Waals surface area contributed by atoms with E-state index in [4.69, 9.17) is 0 Å². The van der Waals surface area contributed by atoms with Crippen molar-refractivity contribution >= 4 is 5.82 Å². The first-order valence-corrected chi connectivity index (χ1v) is 8.10. The van der Waals surface area contributed by atoms with Crippen molar-refractivity contribution in [3.63, 3.8) is 0 Å². The van der Waals surface area contributed by atoms with Gasteiger partial charge in [0.1, 0.15) is 0 Å². The smallest absolute Gasteiger partial charge is 0.293 e. The molecule has 0 amide bonds. The molecule has 0 aliphatic carbocycles. The second-order valence-corrected chi connectivity index (χ2v) is 6.25. The summed E-state index contributed by atoms with van der Waals surface area (Å²) in [6.45, 7) is 11.3. The molecule has 1 aromatic rings. The monoisotopic (exact) mass is 292 g/mol. The summed E-state index contributed by atoms with van der Waals surface area (Å²) in [6, 6.07) is 0.648. The molecule has 1 N–H and O–H groups in total. The predicted octanol–water partition coefficient (Wildman–Crippen LogP) is 2.04. The van der Waals surface area contributed by atoms with Crippen LogP contribution in [0.4, 0.5) is 5.82 Å². The van der Waals surface area contributed by atoms with Gasteiger partial charge < -0.3 is 14.8 Å². The van der Waals surface area contributed by atoms with Crippen LogP contribution in [0.3, 0.4) is 0 Å². The normalized spacial score (nSPS) is 20.8. The van der Waals surface area contributed by atoms with Gasteiger partial charge in [-0.05, 0) is 46.1 Å². The van der Waals surface area contributed by atoms with E-state index in [1.807, 2.05) is 13.8 Å². The average Bonchev–Trinajstić information content (AvgIpc) is 2.47. The van der Waals surface area contributed by atoms with Gasteiger partial charge in [0.25, 0.3) is 5.56 Å². The van der Waals surface area contributed by atoms with E-state index in [0.717, 1.165) is 26.1 Å². The summed E-state index contributed by atoms with van der Waals surface area (Å²) < 4.78 is 1.76. The van der Waals surface area contributed by atoms with Crippen LogP contribution in [0.2, 0.25) is 0 Å². The van der Waals surface area contributed by atoms with E-state index in [1.54, 1.807) is 17.0 Å². The minimum atomic E-state index is 0.0317. The molecule has 1 fully saturated rings. The first kappa shape index (κ1) is 16.0. The average molecular weight is 292 g/mol.